The molecule has 0 saturated carbocycles. The Kier molecular flexibility index (Phi) is 5.17. The number of aryl methyl sites for hydroxylation is 2. The van der Waals surface area contributed by atoms with E-state index in [-0.39, 0.29) is 11.9 Å². The summed E-state index contributed by atoms with van der Waals surface area (Å²) in [4.78, 5) is 1.19. The highest BCUT2D eigenvalue weighted by molar-refractivity contribution is 7.99. The van der Waals surface area contributed by atoms with Crippen molar-refractivity contribution in [3.63, 3.8) is 0 Å². The van der Waals surface area contributed by atoms with Gasteiger partial charge in [0.1, 0.15) is 5.82 Å². The van der Waals surface area contributed by atoms with Gasteiger partial charge in [0, 0.05) is 10.6 Å². The van der Waals surface area contributed by atoms with Crippen molar-refractivity contribution in [2.75, 3.05) is 5.75 Å². The van der Waals surface area contributed by atoms with Gasteiger partial charge in [0.05, 0.1) is 6.04 Å². The van der Waals surface area contributed by atoms with Crippen molar-refractivity contribution in [2.24, 2.45) is 5.84 Å². The molecule has 0 radical (unpaired) electrons. The van der Waals surface area contributed by atoms with E-state index in [9.17, 15) is 4.39 Å². The van der Waals surface area contributed by atoms with Crippen LogP contribution >= 0.6 is 11.8 Å². The van der Waals surface area contributed by atoms with Gasteiger partial charge in [0.15, 0.2) is 0 Å². The predicted molar refractivity (Wildman–Crippen MR) is 83.1 cm³/mol. The Balaban J connectivity index is 2.09. The number of thioether (sulfide) groups is 1. The first-order chi connectivity index (χ1) is 9.58. The van der Waals surface area contributed by atoms with Crippen LogP contribution in [-0.2, 0) is 0 Å². The highest BCUT2D eigenvalue weighted by atomic mass is 32.2. The van der Waals surface area contributed by atoms with Gasteiger partial charge in [-0.3, -0.25) is 11.3 Å². The number of hydrazine groups is 1. The zero-order chi connectivity index (χ0) is 14.5. The van der Waals surface area contributed by atoms with E-state index in [4.69, 9.17) is 5.84 Å². The molecule has 106 valence electrons. The van der Waals surface area contributed by atoms with E-state index in [1.807, 2.05) is 19.1 Å². The first-order valence-corrected chi connectivity index (χ1v) is 7.50. The molecule has 2 nitrogen and oxygen atoms in total. The van der Waals surface area contributed by atoms with Crippen molar-refractivity contribution in [3.05, 3.63) is 65.0 Å². The maximum atomic E-state index is 13.5. The van der Waals surface area contributed by atoms with E-state index in [0.29, 0.717) is 0 Å². The molecule has 0 spiro atoms. The van der Waals surface area contributed by atoms with Crippen LogP contribution in [0.2, 0.25) is 0 Å². The number of halogens is 1. The molecule has 0 amide bonds. The Hall–Kier alpha value is -1.36. The Morgan fingerprint density at radius 1 is 1.15 bits per heavy atom. The van der Waals surface area contributed by atoms with Gasteiger partial charge in [-0.25, -0.2) is 4.39 Å². The highest BCUT2D eigenvalue weighted by Crippen LogP contribution is 2.26. The number of nitrogens with one attached hydrogen (secondary N) is 1. The summed E-state index contributed by atoms with van der Waals surface area (Å²) in [6.07, 6.45) is 0. The minimum absolute atomic E-state index is 0.0742. The van der Waals surface area contributed by atoms with Crippen molar-refractivity contribution in [1.29, 1.82) is 0 Å². The summed E-state index contributed by atoms with van der Waals surface area (Å²) in [5.74, 6) is 6.14. The molecule has 0 bridgehead atoms. The summed E-state index contributed by atoms with van der Waals surface area (Å²) in [6.45, 7) is 3.95. The van der Waals surface area contributed by atoms with E-state index in [1.165, 1.54) is 22.6 Å². The minimum atomic E-state index is -0.221. The molecule has 0 aliphatic rings. The molecule has 2 rings (SSSR count). The zero-order valence-electron chi connectivity index (χ0n) is 11.7. The summed E-state index contributed by atoms with van der Waals surface area (Å²) in [7, 11) is 0. The van der Waals surface area contributed by atoms with Gasteiger partial charge in [0.25, 0.3) is 0 Å². The number of hydrogen-bond acceptors (Lipinski definition) is 3. The van der Waals surface area contributed by atoms with E-state index in [2.05, 4.69) is 30.5 Å². The van der Waals surface area contributed by atoms with E-state index >= 15 is 0 Å². The van der Waals surface area contributed by atoms with Crippen LogP contribution in [0.3, 0.4) is 0 Å². The fourth-order valence-electron chi connectivity index (χ4n) is 2.09. The second-order valence-electron chi connectivity index (χ2n) is 4.91. The van der Waals surface area contributed by atoms with Crippen LogP contribution in [-0.4, -0.2) is 5.75 Å². The Morgan fingerprint density at radius 3 is 2.60 bits per heavy atom. The van der Waals surface area contributed by atoms with E-state index in [0.717, 1.165) is 16.9 Å². The summed E-state index contributed by atoms with van der Waals surface area (Å²) >= 11 is 1.71. The van der Waals surface area contributed by atoms with Crippen LogP contribution in [0.1, 0.15) is 22.7 Å². The molecule has 0 aromatic heterocycles. The maximum absolute atomic E-state index is 13.5. The Labute approximate surface area is 123 Å². The fourth-order valence-corrected chi connectivity index (χ4v) is 3.18. The average Bonchev–Trinajstić information content (AvgIpc) is 2.38. The quantitative estimate of drug-likeness (QED) is 0.500. The third-order valence-electron chi connectivity index (χ3n) is 3.07. The van der Waals surface area contributed by atoms with Crippen molar-refractivity contribution < 1.29 is 4.39 Å². The molecule has 0 fully saturated rings. The van der Waals surface area contributed by atoms with Crippen LogP contribution in [0, 0.1) is 19.7 Å². The normalized spacial score (nSPS) is 12.4. The predicted octanol–water partition coefficient (Wildman–Crippen LogP) is 3.74. The van der Waals surface area contributed by atoms with Crippen LogP contribution in [0.4, 0.5) is 4.39 Å². The third kappa shape index (κ3) is 4.07. The van der Waals surface area contributed by atoms with Gasteiger partial charge < -0.3 is 0 Å². The minimum Gasteiger partial charge on any atom is -0.271 e. The Morgan fingerprint density at radius 2 is 1.95 bits per heavy atom. The largest absolute Gasteiger partial charge is 0.271 e. The molecule has 0 aliphatic carbocycles. The number of nitrogens with two attached hydrogens (primary N) is 1. The highest BCUT2D eigenvalue weighted by Gasteiger charge is 2.12. The molecule has 0 heterocycles. The first kappa shape index (κ1) is 15.0. The molecular formula is C16H19FN2S. The van der Waals surface area contributed by atoms with Crippen molar-refractivity contribution in [2.45, 2.75) is 24.8 Å². The Bertz CT molecular complexity index is 566. The molecule has 3 N–H and O–H groups in total. The standard InChI is InChI=1S/C16H19FN2S/c1-11-4-3-5-15(8-11)20-10-16(19-18)13-6-12(2)7-14(17)9-13/h3-9,16,19H,10,18H2,1-2H3. The van der Waals surface area contributed by atoms with Gasteiger partial charge in [-0.15, -0.1) is 11.8 Å². The lowest BCUT2D eigenvalue weighted by atomic mass is 10.1. The van der Waals surface area contributed by atoms with Crippen molar-refractivity contribution in [3.8, 4) is 0 Å². The van der Waals surface area contributed by atoms with Gasteiger partial charge in [-0.2, -0.15) is 0 Å². The second kappa shape index (κ2) is 6.88. The van der Waals surface area contributed by atoms with Gasteiger partial charge >= 0.3 is 0 Å². The molecule has 1 atom stereocenters. The number of rotatable bonds is 5. The summed E-state index contributed by atoms with van der Waals surface area (Å²) in [6, 6.07) is 13.3. The average molecular weight is 290 g/mol. The third-order valence-corrected chi connectivity index (χ3v) is 4.16. The summed E-state index contributed by atoms with van der Waals surface area (Å²) < 4.78 is 13.5. The topological polar surface area (TPSA) is 38.0 Å². The van der Waals surface area contributed by atoms with E-state index in [1.54, 1.807) is 11.8 Å². The van der Waals surface area contributed by atoms with Gasteiger partial charge in [0.2, 0.25) is 0 Å². The van der Waals surface area contributed by atoms with Crippen LogP contribution in [0.5, 0.6) is 0 Å². The maximum Gasteiger partial charge on any atom is 0.123 e. The lowest BCUT2D eigenvalue weighted by Gasteiger charge is -2.17. The molecule has 2 aromatic rings. The molecule has 0 aliphatic heterocycles. The van der Waals surface area contributed by atoms with Gasteiger partial charge in [-0.1, -0.05) is 23.8 Å². The van der Waals surface area contributed by atoms with Crippen LogP contribution in [0.25, 0.3) is 0 Å². The molecule has 0 saturated heterocycles. The van der Waals surface area contributed by atoms with Crippen LogP contribution < -0.4 is 11.3 Å². The number of hydrogen-bond donors (Lipinski definition) is 2. The SMILES string of the molecule is Cc1cccc(SCC(NN)c2cc(C)cc(F)c2)c1. The molecule has 20 heavy (non-hydrogen) atoms. The zero-order valence-corrected chi connectivity index (χ0v) is 12.5. The smallest absolute Gasteiger partial charge is 0.123 e. The number of benzene rings is 2. The van der Waals surface area contributed by atoms with E-state index < -0.39 is 0 Å². The summed E-state index contributed by atoms with van der Waals surface area (Å²) in [5, 5.41) is 0. The molecule has 1 unspecified atom stereocenters. The monoisotopic (exact) mass is 290 g/mol. The lowest BCUT2D eigenvalue weighted by Crippen LogP contribution is -2.29. The first-order valence-electron chi connectivity index (χ1n) is 6.51. The van der Waals surface area contributed by atoms with Crippen LogP contribution in [0.15, 0.2) is 47.4 Å². The molecular weight excluding hydrogens is 271 g/mol. The second-order valence-corrected chi connectivity index (χ2v) is 6.00. The lowest BCUT2D eigenvalue weighted by molar-refractivity contribution is 0.590. The fraction of sp³-hybridized carbons (Fsp3) is 0.250. The van der Waals surface area contributed by atoms with Crippen molar-refractivity contribution >= 4 is 11.8 Å². The summed E-state index contributed by atoms with van der Waals surface area (Å²) in [5.41, 5.74) is 5.78. The van der Waals surface area contributed by atoms with Gasteiger partial charge in [-0.05, 0) is 49.2 Å². The van der Waals surface area contributed by atoms with Crippen molar-refractivity contribution in [1.82, 2.24) is 5.43 Å². The molecule has 2 aromatic carbocycles. The molecule has 4 heteroatoms.